The molecule has 1 aromatic carbocycles. The van der Waals surface area contributed by atoms with Gasteiger partial charge in [-0.25, -0.2) is 0 Å². The highest BCUT2D eigenvalue weighted by atomic mass is 16.5. The molecular formula is C14H19NO3. The Labute approximate surface area is 107 Å². The lowest BCUT2D eigenvalue weighted by Crippen LogP contribution is -2.39. The van der Waals surface area contributed by atoms with E-state index in [0.717, 1.165) is 24.2 Å². The summed E-state index contributed by atoms with van der Waals surface area (Å²) in [4.78, 5) is 11.0. The van der Waals surface area contributed by atoms with E-state index in [2.05, 4.69) is 5.32 Å². The zero-order valence-corrected chi connectivity index (χ0v) is 10.6. The number of aryl methyl sites for hydroxylation is 1. The summed E-state index contributed by atoms with van der Waals surface area (Å²) in [6, 6.07) is 7.66. The molecule has 0 saturated heterocycles. The number of ether oxygens (including phenoxy) is 1. The second kappa shape index (κ2) is 5.87. The number of aliphatic carboxylic acids is 1. The predicted molar refractivity (Wildman–Crippen MR) is 68.9 cm³/mol. The number of hydrogen-bond donors (Lipinski definition) is 2. The van der Waals surface area contributed by atoms with Crippen LogP contribution in [0.2, 0.25) is 0 Å². The minimum absolute atomic E-state index is 0.394. The van der Waals surface area contributed by atoms with Crippen molar-refractivity contribution in [1.29, 1.82) is 0 Å². The van der Waals surface area contributed by atoms with Gasteiger partial charge < -0.3 is 15.2 Å². The van der Waals surface area contributed by atoms with Crippen LogP contribution >= 0.6 is 0 Å². The number of benzene rings is 1. The molecule has 1 aromatic rings. The topological polar surface area (TPSA) is 58.6 Å². The van der Waals surface area contributed by atoms with Crippen molar-refractivity contribution in [2.75, 3.05) is 6.61 Å². The van der Waals surface area contributed by atoms with Gasteiger partial charge in [-0.2, -0.15) is 0 Å². The van der Waals surface area contributed by atoms with Crippen molar-refractivity contribution in [2.45, 2.75) is 38.3 Å². The Hall–Kier alpha value is -1.55. The number of rotatable bonds is 7. The lowest BCUT2D eigenvalue weighted by atomic mass is 10.2. The first-order chi connectivity index (χ1) is 8.65. The second-order valence-electron chi connectivity index (χ2n) is 4.79. The number of carboxylic acid groups (broad SMARTS) is 1. The van der Waals surface area contributed by atoms with Gasteiger partial charge in [0.2, 0.25) is 0 Å². The molecule has 1 unspecified atom stereocenters. The third kappa shape index (κ3) is 4.04. The molecule has 0 heterocycles. The van der Waals surface area contributed by atoms with Crippen molar-refractivity contribution < 1.29 is 14.6 Å². The molecule has 0 radical (unpaired) electrons. The molecule has 1 aliphatic rings. The molecule has 18 heavy (non-hydrogen) atoms. The first-order valence-electron chi connectivity index (χ1n) is 6.33. The van der Waals surface area contributed by atoms with Crippen molar-refractivity contribution in [1.82, 2.24) is 5.32 Å². The van der Waals surface area contributed by atoms with Crippen LogP contribution in [0.1, 0.15) is 24.8 Å². The molecule has 0 aliphatic heterocycles. The van der Waals surface area contributed by atoms with E-state index >= 15 is 0 Å². The summed E-state index contributed by atoms with van der Waals surface area (Å²) < 4.78 is 5.57. The Balaban J connectivity index is 1.77. The molecule has 1 aliphatic carbocycles. The maximum absolute atomic E-state index is 11.0. The highest BCUT2D eigenvalue weighted by Crippen LogP contribution is 2.20. The molecule has 0 aromatic heterocycles. The monoisotopic (exact) mass is 249 g/mol. The van der Waals surface area contributed by atoms with Gasteiger partial charge in [-0.1, -0.05) is 12.1 Å². The number of carbonyl (C=O) groups is 1. The van der Waals surface area contributed by atoms with E-state index < -0.39 is 12.0 Å². The molecule has 4 heteroatoms. The van der Waals surface area contributed by atoms with Gasteiger partial charge in [0.15, 0.2) is 0 Å². The van der Waals surface area contributed by atoms with E-state index in [1.54, 1.807) is 0 Å². The summed E-state index contributed by atoms with van der Waals surface area (Å²) in [6.07, 6.45) is 2.66. The molecule has 1 fully saturated rings. The smallest absolute Gasteiger partial charge is 0.320 e. The molecule has 4 nitrogen and oxygen atoms in total. The molecule has 98 valence electrons. The lowest BCUT2D eigenvalue weighted by molar-refractivity contribution is -0.139. The standard InChI is InChI=1S/C14H19NO3/c1-10-3-2-4-12(9-10)18-8-7-13(14(16)17)15-11-5-6-11/h2-4,9,11,13,15H,5-8H2,1H3,(H,16,17). The van der Waals surface area contributed by atoms with Crippen LogP contribution in [0, 0.1) is 6.92 Å². The van der Waals surface area contributed by atoms with Crippen molar-refractivity contribution in [2.24, 2.45) is 0 Å². The van der Waals surface area contributed by atoms with Crippen molar-refractivity contribution in [3.63, 3.8) is 0 Å². The molecular weight excluding hydrogens is 230 g/mol. The third-order valence-electron chi connectivity index (χ3n) is 2.98. The van der Waals surface area contributed by atoms with E-state index in [1.165, 1.54) is 0 Å². The van der Waals surface area contributed by atoms with Crippen molar-refractivity contribution >= 4 is 5.97 Å². The summed E-state index contributed by atoms with van der Waals surface area (Å²) in [5.41, 5.74) is 1.14. The first kappa shape index (κ1) is 12.9. The van der Waals surface area contributed by atoms with Crippen LogP contribution in [0.15, 0.2) is 24.3 Å². The first-order valence-corrected chi connectivity index (χ1v) is 6.33. The van der Waals surface area contributed by atoms with E-state index in [0.29, 0.717) is 19.1 Å². The lowest BCUT2D eigenvalue weighted by Gasteiger charge is -2.14. The van der Waals surface area contributed by atoms with Crippen molar-refractivity contribution in [3.8, 4) is 5.75 Å². The highest BCUT2D eigenvalue weighted by Gasteiger charge is 2.27. The molecule has 1 saturated carbocycles. The highest BCUT2D eigenvalue weighted by molar-refractivity contribution is 5.73. The van der Waals surface area contributed by atoms with Gasteiger partial charge in [-0.15, -0.1) is 0 Å². The van der Waals surface area contributed by atoms with Crippen LogP contribution in [-0.2, 0) is 4.79 Å². The fraction of sp³-hybridized carbons (Fsp3) is 0.500. The second-order valence-corrected chi connectivity index (χ2v) is 4.79. The average molecular weight is 249 g/mol. The number of carboxylic acids is 1. The van der Waals surface area contributed by atoms with Gasteiger partial charge in [0.25, 0.3) is 0 Å². The summed E-state index contributed by atoms with van der Waals surface area (Å²) in [7, 11) is 0. The normalized spacial score (nSPS) is 16.3. The SMILES string of the molecule is Cc1cccc(OCCC(NC2CC2)C(=O)O)c1. The Bertz CT molecular complexity index is 415. The summed E-state index contributed by atoms with van der Waals surface area (Å²) in [5, 5.41) is 12.2. The van der Waals surface area contributed by atoms with Crippen LogP contribution in [0.5, 0.6) is 5.75 Å². The maximum Gasteiger partial charge on any atom is 0.320 e. The largest absolute Gasteiger partial charge is 0.494 e. The summed E-state index contributed by atoms with van der Waals surface area (Å²) in [5.74, 6) is 0.000281. The van der Waals surface area contributed by atoms with Crippen molar-refractivity contribution in [3.05, 3.63) is 29.8 Å². The van der Waals surface area contributed by atoms with E-state index in [1.807, 2.05) is 31.2 Å². The molecule has 0 spiro atoms. The molecule has 2 rings (SSSR count). The van der Waals surface area contributed by atoms with E-state index in [9.17, 15) is 4.79 Å². The van der Waals surface area contributed by atoms with E-state index in [4.69, 9.17) is 9.84 Å². The van der Waals surface area contributed by atoms with Crippen LogP contribution in [0.4, 0.5) is 0 Å². The maximum atomic E-state index is 11.0. The average Bonchev–Trinajstić information content (AvgIpc) is 3.11. The Morgan fingerprint density at radius 3 is 2.94 bits per heavy atom. The minimum Gasteiger partial charge on any atom is -0.494 e. The fourth-order valence-corrected chi connectivity index (χ4v) is 1.81. The Morgan fingerprint density at radius 2 is 2.33 bits per heavy atom. The molecule has 0 bridgehead atoms. The van der Waals surface area contributed by atoms with Gasteiger partial charge in [-0.3, -0.25) is 4.79 Å². The summed E-state index contributed by atoms with van der Waals surface area (Å²) >= 11 is 0. The number of nitrogens with one attached hydrogen (secondary N) is 1. The van der Waals surface area contributed by atoms with Gasteiger partial charge in [0.05, 0.1) is 6.61 Å². The summed E-state index contributed by atoms with van der Waals surface area (Å²) in [6.45, 7) is 2.42. The number of hydrogen-bond acceptors (Lipinski definition) is 3. The quantitative estimate of drug-likeness (QED) is 0.775. The predicted octanol–water partition coefficient (Wildman–Crippen LogP) is 1.97. The molecule has 1 atom stereocenters. The van der Waals surface area contributed by atoms with Gasteiger partial charge >= 0.3 is 5.97 Å². The third-order valence-corrected chi connectivity index (χ3v) is 2.98. The Kier molecular flexibility index (Phi) is 4.20. The zero-order chi connectivity index (χ0) is 13.0. The van der Waals surface area contributed by atoms with Crippen LogP contribution in [0.3, 0.4) is 0 Å². The molecule has 2 N–H and O–H groups in total. The zero-order valence-electron chi connectivity index (χ0n) is 10.6. The minimum atomic E-state index is -0.797. The van der Waals surface area contributed by atoms with Crippen LogP contribution < -0.4 is 10.1 Å². The Morgan fingerprint density at radius 1 is 1.56 bits per heavy atom. The van der Waals surface area contributed by atoms with Gasteiger partial charge in [-0.05, 0) is 37.5 Å². The van der Waals surface area contributed by atoms with Gasteiger partial charge in [0.1, 0.15) is 11.8 Å². The van der Waals surface area contributed by atoms with Gasteiger partial charge in [0, 0.05) is 12.5 Å². The molecule has 0 amide bonds. The fourth-order valence-electron chi connectivity index (χ4n) is 1.81. The van der Waals surface area contributed by atoms with Crippen LogP contribution in [-0.4, -0.2) is 29.8 Å². The van der Waals surface area contributed by atoms with Crippen LogP contribution in [0.25, 0.3) is 0 Å². The van der Waals surface area contributed by atoms with E-state index in [-0.39, 0.29) is 0 Å².